The molecule has 1 aliphatic rings. The number of rotatable bonds is 1. The minimum Gasteiger partial charge on any atom is -0.346 e. The molecule has 1 saturated heterocycles. The summed E-state index contributed by atoms with van der Waals surface area (Å²) < 4.78 is 12.1. The van der Waals surface area contributed by atoms with Crippen LogP contribution in [0.4, 0.5) is 0 Å². The van der Waals surface area contributed by atoms with Crippen molar-refractivity contribution in [2.75, 3.05) is 6.61 Å². The minimum absolute atomic E-state index is 0.178. The summed E-state index contributed by atoms with van der Waals surface area (Å²) in [6, 6.07) is 8.00. The molecule has 0 unspecified atom stereocenters. The Morgan fingerprint density at radius 1 is 1.31 bits per heavy atom. The normalized spacial score (nSPS) is 27.8. The van der Waals surface area contributed by atoms with Crippen LogP contribution in [0, 0.1) is 0 Å². The van der Waals surface area contributed by atoms with Gasteiger partial charge >= 0.3 is 0 Å². The van der Waals surface area contributed by atoms with Gasteiger partial charge < -0.3 is 9.47 Å². The van der Waals surface area contributed by atoms with Crippen LogP contribution in [0.5, 0.6) is 0 Å². The fraction of sp³-hybridized carbons (Fsp3) is 0.400. The van der Waals surface area contributed by atoms with Crippen molar-refractivity contribution < 1.29 is 9.47 Å². The minimum atomic E-state index is -0.178. The van der Waals surface area contributed by atoms with E-state index >= 15 is 0 Å². The molecule has 1 aromatic carbocycles. The molecular weight excluding hydrogens is 232 g/mol. The molecule has 1 fully saturated rings. The molecule has 70 valence electrons. The van der Waals surface area contributed by atoms with Crippen LogP contribution in [-0.2, 0) is 9.47 Å². The van der Waals surface area contributed by atoms with E-state index < -0.39 is 0 Å². The summed E-state index contributed by atoms with van der Waals surface area (Å²) in [7, 11) is 0. The summed E-state index contributed by atoms with van der Waals surface area (Å²) in [5, 5.41) is 0. The van der Waals surface area contributed by atoms with Crippen molar-refractivity contribution in [1.29, 1.82) is 0 Å². The molecule has 0 N–H and O–H groups in total. The van der Waals surface area contributed by atoms with Crippen molar-refractivity contribution in [3.63, 3.8) is 0 Å². The van der Waals surface area contributed by atoms with Crippen molar-refractivity contribution in [3.8, 4) is 0 Å². The maximum atomic E-state index is 5.55. The predicted octanol–water partition coefficient (Wildman–Crippen LogP) is 2.88. The van der Waals surface area contributed by atoms with Crippen molar-refractivity contribution in [2.45, 2.75) is 19.3 Å². The third kappa shape index (κ3) is 2.10. The van der Waals surface area contributed by atoms with Gasteiger partial charge in [0.15, 0.2) is 6.29 Å². The van der Waals surface area contributed by atoms with Crippen molar-refractivity contribution in [2.24, 2.45) is 0 Å². The van der Waals surface area contributed by atoms with Gasteiger partial charge in [0.25, 0.3) is 0 Å². The third-order valence-electron chi connectivity index (χ3n) is 1.98. The lowest BCUT2D eigenvalue weighted by Crippen LogP contribution is -2.02. The maximum absolute atomic E-state index is 5.55. The van der Waals surface area contributed by atoms with Gasteiger partial charge in [-0.2, -0.15) is 0 Å². The fourth-order valence-electron chi connectivity index (χ4n) is 1.31. The van der Waals surface area contributed by atoms with Gasteiger partial charge in [-0.3, -0.25) is 0 Å². The van der Waals surface area contributed by atoms with Gasteiger partial charge in [0.2, 0.25) is 0 Å². The van der Waals surface area contributed by atoms with E-state index in [9.17, 15) is 0 Å². The molecule has 0 aromatic heterocycles. The molecule has 2 rings (SSSR count). The summed E-state index contributed by atoms with van der Waals surface area (Å²) in [5.41, 5.74) is 1.08. The van der Waals surface area contributed by atoms with Crippen molar-refractivity contribution >= 4 is 15.9 Å². The van der Waals surface area contributed by atoms with Crippen LogP contribution in [0.15, 0.2) is 28.7 Å². The van der Waals surface area contributed by atoms with Gasteiger partial charge in [0.05, 0.1) is 12.7 Å². The molecule has 0 bridgehead atoms. The summed E-state index contributed by atoms with van der Waals surface area (Å²) in [4.78, 5) is 0. The Kier molecular flexibility index (Phi) is 2.67. The van der Waals surface area contributed by atoms with E-state index in [0.29, 0.717) is 6.61 Å². The highest BCUT2D eigenvalue weighted by Crippen LogP contribution is 2.27. The summed E-state index contributed by atoms with van der Waals surface area (Å²) >= 11 is 3.38. The Labute approximate surface area is 86.0 Å². The lowest BCUT2D eigenvalue weighted by atomic mass is 10.2. The zero-order chi connectivity index (χ0) is 9.26. The summed E-state index contributed by atoms with van der Waals surface area (Å²) in [6.07, 6.45) is 0.0248. The first-order valence-electron chi connectivity index (χ1n) is 4.28. The van der Waals surface area contributed by atoms with E-state index in [2.05, 4.69) is 15.9 Å². The number of hydrogen-bond acceptors (Lipinski definition) is 2. The smallest absolute Gasteiger partial charge is 0.184 e. The van der Waals surface area contributed by atoms with E-state index in [1.54, 1.807) is 0 Å². The first kappa shape index (κ1) is 9.19. The zero-order valence-electron chi connectivity index (χ0n) is 7.37. The first-order chi connectivity index (χ1) is 6.25. The fourth-order valence-corrected chi connectivity index (χ4v) is 1.57. The monoisotopic (exact) mass is 242 g/mol. The van der Waals surface area contributed by atoms with Crippen LogP contribution in [0.2, 0.25) is 0 Å². The van der Waals surface area contributed by atoms with Crippen LogP contribution >= 0.6 is 15.9 Å². The van der Waals surface area contributed by atoms with Crippen molar-refractivity contribution in [3.05, 3.63) is 34.3 Å². The van der Waals surface area contributed by atoms with Crippen LogP contribution in [0.25, 0.3) is 0 Å². The predicted molar refractivity (Wildman–Crippen MR) is 53.4 cm³/mol. The Bertz CT molecular complexity index is 283. The molecule has 1 heterocycles. The van der Waals surface area contributed by atoms with Gasteiger partial charge in [-0.15, -0.1) is 0 Å². The molecular formula is C10H11BrO2. The van der Waals surface area contributed by atoms with Crippen LogP contribution < -0.4 is 0 Å². The average Bonchev–Trinajstić information content (AvgIpc) is 2.53. The number of hydrogen-bond donors (Lipinski definition) is 0. The molecule has 2 nitrogen and oxygen atoms in total. The number of ether oxygens (including phenoxy) is 2. The van der Waals surface area contributed by atoms with Crippen molar-refractivity contribution in [1.82, 2.24) is 0 Å². The molecule has 1 aromatic rings. The maximum Gasteiger partial charge on any atom is 0.184 e. The standard InChI is InChI=1S/C10H11BrO2/c1-7-6-12-10(13-7)8-2-4-9(11)5-3-8/h2-5,7,10H,6H2,1H3/t7-,10+/m0/s1. The van der Waals surface area contributed by atoms with Gasteiger partial charge in [0, 0.05) is 10.0 Å². The van der Waals surface area contributed by atoms with Gasteiger partial charge in [-0.05, 0) is 19.1 Å². The largest absolute Gasteiger partial charge is 0.346 e. The SMILES string of the molecule is C[C@H]1CO[C@@H](c2ccc(Br)cc2)O1. The molecule has 2 atom stereocenters. The van der Waals surface area contributed by atoms with Gasteiger partial charge in [-0.1, -0.05) is 28.1 Å². The second-order valence-electron chi connectivity index (χ2n) is 3.16. The van der Waals surface area contributed by atoms with E-state index in [4.69, 9.17) is 9.47 Å². The highest BCUT2D eigenvalue weighted by Gasteiger charge is 2.23. The van der Waals surface area contributed by atoms with E-state index in [1.165, 1.54) is 0 Å². The first-order valence-corrected chi connectivity index (χ1v) is 5.07. The number of benzene rings is 1. The molecule has 0 saturated carbocycles. The van der Waals surface area contributed by atoms with E-state index in [1.807, 2.05) is 31.2 Å². The quantitative estimate of drug-likeness (QED) is 0.755. The van der Waals surface area contributed by atoms with Crippen LogP contribution in [0.1, 0.15) is 18.8 Å². The highest BCUT2D eigenvalue weighted by atomic mass is 79.9. The molecule has 0 aliphatic carbocycles. The summed E-state index contributed by atoms with van der Waals surface area (Å²) in [6.45, 7) is 2.69. The Balaban J connectivity index is 2.13. The molecule has 3 heteroatoms. The highest BCUT2D eigenvalue weighted by molar-refractivity contribution is 9.10. The third-order valence-corrected chi connectivity index (χ3v) is 2.51. The topological polar surface area (TPSA) is 18.5 Å². The lowest BCUT2D eigenvalue weighted by Gasteiger charge is -2.09. The second-order valence-corrected chi connectivity index (χ2v) is 4.08. The van der Waals surface area contributed by atoms with Gasteiger partial charge in [0.1, 0.15) is 0 Å². The second kappa shape index (κ2) is 3.78. The van der Waals surface area contributed by atoms with E-state index in [0.717, 1.165) is 10.0 Å². The number of halogens is 1. The molecule has 0 spiro atoms. The molecule has 0 amide bonds. The Morgan fingerprint density at radius 2 is 2.00 bits per heavy atom. The van der Waals surface area contributed by atoms with Crippen LogP contribution in [0.3, 0.4) is 0 Å². The Morgan fingerprint density at radius 3 is 2.54 bits per heavy atom. The summed E-state index contributed by atoms with van der Waals surface area (Å²) in [5.74, 6) is 0. The zero-order valence-corrected chi connectivity index (χ0v) is 8.95. The Hall–Kier alpha value is -0.380. The van der Waals surface area contributed by atoms with Crippen LogP contribution in [-0.4, -0.2) is 12.7 Å². The van der Waals surface area contributed by atoms with Gasteiger partial charge in [-0.25, -0.2) is 0 Å². The average molecular weight is 243 g/mol. The van der Waals surface area contributed by atoms with E-state index in [-0.39, 0.29) is 12.4 Å². The molecule has 1 aliphatic heterocycles. The molecule has 0 radical (unpaired) electrons. The lowest BCUT2D eigenvalue weighted by molar-refractivity contribution is -0.0572. The molecule has 13 heavy (non-hydrogen) atoms.